The molecule has 0 unspecified atom stereocenters. The number of amides is 1. The number of rotatable bonds is 6. The highest BCUT2D eigenvalue weighted by Gasteiger charge is 2.26. The van der Waals surface area contributed by atoms with Gasteiger partial charge >= 0.3 is 0 Å². The summed E-state index contributed by atoms with van der Waals surface area (Å²) in [7, 11) is 3.80. The van der Waals surface area contributed by atoms with Crippen molar-refractivity contribution in [3.05, 3.63) is 47.3 Å². The van der Waals surface area contributed by atoms with Crippen LogP contribution in [0, 0.1) is 0 Å². The van der Waals surface area contributed by atoms with E-state index in [1.807, 2.05) is 24.4 Å². The van der Waals surface area contributed by atoms with Gasteiger partial charge in [-0.25, -0.2) is 0 Å². The average molecular weight is 383 g/mol. The summed E-state index contributed by atoms with van der Waals surface area (Å²) in [6.45, 7) is 5.21. The van der Waals surface area contributed by atoms with Gasteiger partial charge in [0.25, 0.3) is 5.91 Å². The molecule has 6 nitrogen and oxygen atoms in total. The fourth-order valence-corrected chi connectivity index (χ4v) is 4.02. The van der Waals surface area contributed by atoms with Gasteiger partial charge in [0.1, 0.15) is 5.75 Å². The second-order valence-corrected chi connectivity index (χ2v) is 8.00. The SMILES string of the molecule is COc1ccc(CN2CCN(C)CC2)cc1NC(=O)c1cc[nH]c1C1CCC1. The largest absolute Gasteiger partial charge is 0.495 e. The van der Waals surface area contributed by atoms with Crippen molar-refractivity contribution in [2.75, 3.05) is 45.7 Å². The lowest BCUT2D eigenvalue weighted by molar-refractivity contribution is 0.102. The number of benzene rings is 1. The van der Waals surface area contributed by atoms with E-state index in [2.05, 4.69) is 33.2 Å². The number of hydrogen-bond donors (Lipinski definition) is 2. The maximum Gasteiger partial charge on any atom is 0.257 e. The van der Waals surface area contributed by atoms with Crippen molar-refractivity contribution in [3.63, 3.8) is 0 Å². The van der Waals surface area contributed by atoms with E-state index in [4.69, 9.17) is 4.74 Å². The van der Waals surface area contributed by atoms with E-state index in [1.54, 1.807) is 7.11 Å². The smallest absolute Gasteiger partial charge is 0.257 e. The Morgan fingerprint density at radius 3 is 2.68 bits per heavy atom. The molecule has 2 aliphatic rings. The van der Waals surface area contributed by atoms with Crippen LogP contribution in [0.4, 0.5) is 5.69 Å². The van der Waals surface area contributed by atoms with Gasteiger partial charge in [0.05, 0.1) is 18.4 Å². The maximum atomic E-state index is 12.9. The van der Waals surface area contributed by atoms with Crippen LogP contribution in [0.3, 0.4) is 0 Å². The van der Waals surface area contributed by atoms with Gasteiger partial charge in [0.2, 0.25) is 0 Å². The van der Waals surface area contributed by atoms with E-state index in [0.717, 1.165) is 62.5 Å². The monoisotopic (exact) mass is 382 g/mol. The lowest BCUT2D eigenvalue weighted by Crippen LogP contribution is -2.43. The Bertz CT molecular complexity index is 820. The van der Waals surface area contributed by atoms with Crippen molar-refractivity contribution in [2.24, 2.45) is 0 Å². The first-order valence-electron chi connectivity index (χ1n) is 10.2. The van der Waals surface area contributed by atoms with Crippen molar-refractivity contribution >= 4 is 11.6 Å². The predicted molar refractivity (Wildman–Crippen MR) is 111 cm³/mol. The van der Waals surface area contributed by atoms with Gasteiger partial charge in [-0.15, -0.1) is 0 Å². The molecule has 1 saturated carbocycles. The third kappa shape index (κ3) is 4.08. The Hall–Kier alpha value is -2.31. The molecule has 1 amide bonds. The molecule has 4 rings (SSSR count). The first kappa shape index (κ1) is 19.0. The van der Waals surface area contributed by atoms with Crippen LogP contribution in [0.1, 0.15) is 46.8 Å². The van der Waals surface area contributed by atoms with Gasteiger partial charge in [0.15, 0.2) is 0 Å². The molecule has 1 aliphatic carbocycles. The summed E-state index contributed by atoms with van der Waals surface area (Å²) in [5.74, 6) is 1.11. The summed E-state index contributed by atoms with van der Waals surface area (Å²) < 4.78 is 5.49. The highest BCUT2D eigenvalue weighted by atomic mass is 16.5. The molecule has 0 atom stereocenters. The number of carbonyl (C=O) groups is 1. The molecule has 6 heteroatoms. The lowest BCUT2D eigenvalue weighted by Gasteiger charge is -2.32. The van der Waals surface area contributed by atoms with Gasteiger partial charge in [-0.1, -0.05) is 12.5 Å². The summed E-state index contributed by atoms with van der Waals surface area (Å²) in [6, 6.07) is 7.96. The molecule has 0 radical (unpaired) electrons. The van der Waals surface area contributed by atoms with Crippen molar-refractivity contribution in [2.45, 2.75) is 31.7 Å². The lowest BCUT2D eigenvalue weighted by atomic mass is 9.81. The van der Waals surface area contributed by atoms with Crippen LogP contribution < -0.4 is 10.1 Å². The number of aromatic nitrogens is 1. The molecule has 0 bridgehead atoms. The molecule has 1 aliphatic heterocycles. The van der Waals surface area contributed by atoms with Gasteiger partial charge in [-0.3, -0.25) is 9.69 Å². The minimum atomic E-state index is -0.0711. The number of methoxy groups -OCH3 is 1. The topological polar surface area (TPSA) is 60.6 Å². The van der Waals surface area contributed by atoms with Crippen LogP contribution in [-0.2, 0) is 6.54 Å². The van der Waals surface area contributed by atoms with Crippen molar-refractivity contribution in [1.29, 1.82) is 0 Å². The molecule has 0 spiro atoms. The van der Waals surface area contributed by atoms with Gasteiger partial charge in [-0.05, 0) is 49.6 Å². The number of likely N-dealkylation sites (N-methyl/N-ethyl adjacent to an activating group) is 1. The third-order valence-corrected chi connectivity index (χ3v) is 6.05. The fourth-order valence-electron chi connectivity index (χ4n) is 4.02. The van der Waals surface area contributed by atoms with Crippen LogP contribution in [0.25, 0.3) is 0 Å². The molecule has 2 N–H and O–H groups in total. The number of aromatic amines is 1. The molecule has 1 aromatic heterocycles. The van der Waals surface area contributed by atoms with E-state index in [-0.39, 0.29) is 5.91 Å². The Morgan fingerprint density at radius 2 is 2.00 bits per heavy atom. The molecular weight excluding hydrogens is 352 g/mol. The predicted octanol–water partition coefficient (Wildman–Crippen LogP) is 3.29. The second-order valence-electron chi connectivity index (χ2n) is 8.00. The number of hydrogen-bond acceptors (Lipinski definition) is 4. The summed E-state index contributed by atoms with van der Waals surface area (Å²) in [5.41, 5.74) is 3.74. The van der Waals surface area contributed by atoms with Crippen LogP contribution in [0.15, 0.2) is 30.5 Å². The van der Waals surface area contributed by atoms with Gasteiger partial charge < -0.3 is 19.9 Å². The Morgan fingerprint density at radius 1 is 1.21 bits per heavy atom. The number of ether oxygens (including phenoxy) is 1. The van der Waals surface area contributed by atoms with Crippen molar-refractivity contribution < 1.29 is 9.53 Å². The third-order valence-electron chi connectivity index (χ3n) is 6.05. The highest BCUT2D eigenvalue weighted by Crippen LogP contribution is 2.37. The van der Waals surface area contributed by atoms with E-state index < -0.39 is 0 Å². The molecule has 2 heterocycles. The quantitative estimate of drug-likeness (QED) is 0.805. The van der Waals surface area contributed by atoms with E-state index >= 15 is 0 Å². The summed E-state index contributed by atoms with van der Waals surface area (Å²) in [5, 5.41) is 3.08. The van der Waals surface area contributed by atoms with Crippen LogP contribution in [0.2, 0.25) is 0 Å². The molecule has 2 aromatic rings. The molecule has 1 aromatic carbocycles. The zero-order valence-electron chi connectivity index (χ0n) is 16.8. The normalized spacial score (nSPS) is 18.6. The molecule has 1 saturated heterocycles. The average Bonchev–Trinajstić information content (AvgIpc) is 3.12. The number of carbonyl (C=O) groups excluding carboxylic acids is 1. The number of anilines is 1. The second kappa shape index (κ2) is 8.37. The van der Waals surface area contributed by atoms with Gasteiger partial charge in [0, 0.05) is 44.6 Å². The zero-order chi connectivity index (χ0) is 19.5. The summed E-state index contributed by atoms with van der Waals surface area (Å²) >= 11 is 0. The number of nitrogens with one attached hydrogen (secondary N) is 2. The van der Waals surface area contributed by atoms with E-state index in [9.17, 15) is 4.79 Å². The first-order valence-corrected chi connectivity index (χ1v) is 10.2. The van der Waals surface area contributed by atoms with Crippen LogP contribution >= 0.6 is 0 Å². The van der Waals surface area contributed by atoms with Crippen LogP contribution in [-0.4, -0.2) is 61.0 Å². The van der Waals surface area contributed by atoms with E-state index in [1.165, 1.54) is 12.0 Å². The van der Waals surface area contributed by atoms with Gasteiger partial charge in [-0.2, -0.15) is 0 Å². The first-order chi connectivity index (χ1) is 13.6. The minimum absolute atomic E-state index is 0.0711. The number of piperazine rings is 1. The zero-order valence-corrected chi connectivity index (χ0v) is 16.8. The molecular formula is C22H30N4O2. The standard InChI is InChI=1S/C22H30N4O2/c1-25-10-12-26(13-11-25)15-16-6-7-20(28-2)19(14-16)24-22(27)18-8-9-23-21(18)17-4-3-5-17/h6-9,14,17,23H,3-5,10-13,15H2,1-2H3,(H,24,27). The Kier molecular flexibility index (Phi) is 5.69. The number of H-pyrrole nitrogens is 1. The minimum Gasteiger partial charge on any atom is -0.495 e. The summed E-state index contributed by atoms with van der Waals surface area (Å²) in [4.78, 5) is 21.0. The van der Waals surface area contributed by atoms with E-state index in [0.29, 0.717) is 11.7 Å². The molecule has 2 fully saturated rings. The van der Waals surface area contributed by atoms with Crippen LogP contribution in [0.5, 0.6) is 5.75 Å². The van der Waals surface area contributed by atoms with Crippen molar-refractivity contribution in [3.8, 4) is 5.75 Å². The summed E-state index contributed by atoms with van der Waals surface area (Å²) in [6.07, 6.45) is 5.42. The molecule has 150 valence electrons. The molecule has 28 heavy (non-hydrogen) atoms. The number of nitrogens with zero attached hydrogens (tertiary/aromatic N) is 2. The Balaban J connectivity index is 1.48. The Labute approximate surface area is 166 Å². The maximum absolute atomic E-state index is 12.9. The fraction of sp³-hybridized carbons (Fsp3) is 0.500. The highest BCUT2D eigenvalue weighted by molar-refractivity contribution is 6.06. The van der Waals surface area contributed by atoms with Crippen molar-refractivity contribution in [1.82, 2.24) is 14.8 Å².